The molecular weight excluding hydrogens is 345 g/mol. The zero-order chi connectivity index (χ0) is 19.1. The molecule has 1 atom stereocenters. The zero-order valence-corrected chi connectivity index (χ0v) is 13.9. The molecule has 0 fully saturated rings. The number of esters is 1. The average Bonchev–Trinajstić information content (AvgIpc) is 2.54. The summed E-state index contributed by atoms with van der Waals surface area (Å²) < 4.78 is 55.4. The van der Waals surface area contributed by atoms with Gasteiger partial charge in [0.25, 0.3) is 0 Å². The summed E-state index contributed by atoms with van der Waals surface area (Å²) in [5.74, 6) is -1.70. The van der Waals surface area contributed by atoms with Gasteiger partial charge in [-0.1, -0.05) is 12.1 Å². The van der Waals surface area contributed by atoms with Gasteiger partial charge in [-0.15, -0.1) is 0 Å². The molecule has 0 unspecified atom stereocenters. The number of hydrogen-bond donors (Lipinski definition) is 2. The van der Waals surface area contributed by atoms with E-state index in [1.54, 1.807) is 0 Å². The van der Waals surface area contributed by atoms with Crippen LogP contribution in [0.4, 0.5) is 23.7 Å². The van der Waals surface area contributed by atoms with Gasteiger partial charge in [-0.05, 0) is 26.0 Å². The van der Waals surface area contributed by atoms with E-state index in [4.69, 9.17) is 4.74 Å². The van der Waals surface area contributed by atoms with Crippen molar-refractivity contribution in [2.75, 3.05) is 25.6 Å². The number of anilines is 1. The van der Waals surface area contributed by atoms with Crippen LogP contribution in [0.5, 0.6) is 5.75 Å². The van der Waals surface area contributed by atoms with E-state index in [-0.39, 0.29) is 24.7 Å². The fraction of sp³-hybridized carbons (Fsp3) is 0.467. The number of methoxy groups -OCH3 is 1. The Bertz CT molecular complexity index is 609. The number of halogens is 3. The van der Waals surface area contributed by atoms with Crippen LogP contribution in [0, 0.1) is 0 Å². The third-order valence-corrected chi connectivity index (χ3v) is 3.00. The average molecular weight is 364 g/mol. The first-order chi connectivity index (χ1) is 11.7. The largest absolute Gasteiger partial charge is 0.495 e. The molecule has 2 N–H and O–H groups in total. The minimum Gasteiger partial charge on any atom is -0.495 e. The summed E-state index contributed by atoms with van der Waals surface area (Å²) in [7, 11) is 1.25. The zero-order valence-electron chi connectivity index (χ0n) is 13.9. The number of amides is 1. The maximum Gasteiger partial charge on any atom is 0.442 e. The van der Waals surface area contributed by atoms with Crippen molar-refractivity contribution in [2.24, 2.45) is 0 Å². The van der Waals surface area contributed by atoms with Gasteiger partial charge in [0.15, 0.2) is 0 Å². The predicted octanol–water partition coefficient (Wildman–Crippen LogP) is 2.67. The van der Waals surface area contributed by atoms with Crippen LogP contribution < -0.4 is 15.4 Å². The van der Waals surface area contributed by atoms with Crippen LogP contribution in [0.1, 0.15) is 13.8 Å². The van der Waals surface area contributed by atoms with Crippen LogP contribution in [0.15, 0.2) is 24.3 Å². The quantitative estimate of drug-likeness (QED) is 0.572. The Morgan fingerprint density at radius 2 is 1.68 bits per heavy atom. The molecule has 10 heteroatoms. The molecule has 1 aromatic carbocycles. The smallest absolute Gasteiger partial charge is 0.442 e. The number of ether oxygens (including phenoxy) is 3. The molecule has 0 aliphatic rings. The van der Waals surface area contributed by atoms with Gasteiger partial charge in [-0.25, -0.2) is 9.59 Å². The van der Waals surface area contributed by atoms with Crippen molar-refractivity contribution in [3.63, 3.8) is 0 Å². The van der Waals surface area contributed by atoms with Gasteiger partial charge in [0.1, 0.15) is 5.75 Å². The summed E-state index contributed by atoms with van der Waals surface area (Å²) in [5.41, 5.74) is -3.73. The summed E-state index contributed by atoms with van der Waals surface area (Å²) in [6.07, 6.45) is -6.68. The number of carbonyl (C=O) groups is 2. The number of benzene rings is 1. The van der Waals surface area contributed by atoms with Gasteiger partial charge in [0.2, 0.25) is 0 Å². The lowest BCUT2D eigenvalue weighted by Crippen LogP contribution is -2.69. The Labute approximate surface area is 142 Å². The van der Waals surface area contributed by atoms with E-state index in [1.807, 2.05) is 5.32 Å². The normalized spacial score (nSPS) is 13.4. The summed E-state index contributed by atoms with van der Waals surface area (Å²) in [4.78, 5) is 23.8. The third-order valence-electron chi connectivity index (χ3n) is 3.00. The Morgan fingerprint density at radius 1 is 1.08 bits per heavy atom. The molecule has 1 amide bonds. The van der Waals surface area contributed by atoms with E-state index in [0.717, 1.165) is 0 Å². The second kappa shape index (κ2) is 8.45. The molecule has 0 aromatic heterocycles. The van der Waals surface area contributed by atoms with Crippen LogP contribution in [-0.4, -0.2) is 44.2 Å². The van der Waals surface area contributed by atoms with Gasteiger partial charge in [0, 0.05) is 0 Å². The molecule has 0 heterocycles. The molecule has 0 radical (unpaired) electrons. The fourth-order valence-electron chi connectivity index (χ4n) is 1.90. The number of alkyl carbamates (subject to hydrolysis) is 1. The lowest BCUT2D eigenvalue weighted by molar-refractivity contribution is -0.205. The van der Waals surface area contributed by atoms with E-state index in [0.29, 0.717) is 0 Å². The van der Waals surface area contributed by atoms with Crippen LogP contribution in [0.3, 0.4) is 0 Å². The standard InChI is InChI=1S/C15H19F3N2O5/c1-4-24-12(21)14(15(16,17)18,20-13(22)25-5-2)19-10-8-6-7-9-11(10)23-3/h6-9,19H,4-5H2,1-3H3,(H,20,22)/t14-/m0/s1. The maximum atomic E-state index is 13.8. The van der Waals surface area contributed by atoms with E-state index in [9.17, 15) is 22.8 Å². The number of para-hydroxylation sites is 2. The summed E-state index contributed by atoms with van der Waals surface area (Å²) in [6, 6.07) is 5.61. The highest BCUT2D eigenvalue weighted by Gasteiger charge is 2.64. The van der Waals surface area contributed by atoms with E-state index >= 15 is 0 Å². The number of hydrogen-bond acceptors (Lipinski definition) is 6. The molecule has 7 nitrogen and oxygen atoms in total. The number of carbonyl (C=O) groups excluding carboxylic acids is 2. The summed E-state index contributed by atoms with van der Waals surface area (Å²) >= 11 is 0. The molecule has 0 saturated heterocycles. The minimum atomic E-state index is -5.24. The van der Waals surface area contributed by atoms with Crippen LogP contribution in [-0.2, 0) is 14.3 Å². The minimum absolute atomic E-state index is 0.0334. The molecule has 0 bridgehead atoms. The van der Waals surface area contributed by atoms with Crippen molar-refractivity contribution < 1.29 is 37.0 Å². The van der Waals surface area contributed by atoms with E-state index in [2.05, 4.69) is 9.47 Å². The van der Waals surface area contributed by atoms with Crippen molar-refractivity contribution in [1.82, 2.24) is 5.32 Å². The molecule has 0 saturated carbocycles. The molecule has 0 aliphatic carbocycles. The second-order valence-corrected chi connectivity index (χ2v) is 4.64. The maximum absolute atomic E-state index is 13.8. The monoisotopic (exact) mass is 364 g/mol. The Balaban J connectivity index is 3.41. The molecule has 0 spiro atoms. The molecule has 1 aromatic rings. The third kappa shape index (κ3) is 4.68. The Morgan fingerprint density at radius 3 is 2.20 bits per heavy atom. The van der Waals surface area contributed by atoms with Gasteiger partial charge in [-0.3, -0.25) is 5.32 Å². The second-order valence-electron chi connectivity index (χ2n) is 4.64. The SMILES string of the molecule is CCOC(=O)N[C@@](Nc1ccccc1OC)(C(=O)OCC)C(F)(F)F. The van der Waals surface area contributed by atoms with Crippen molar-refractivity contribution in [2.45, 2.75) is 25.7 Å². The highest BCUT2D eigenvalue weighted by Crippen LogP contribution is 2.36. The van der Waals surface area contributed by atoms with Crippen molar-refractivity contribution in [1.29, 1.82) is 0 Å². The predicted molar refractivity (Wildman–Crippen MR) is 82.2 cm³/mol. The van der Waals surface area contributed by atoms with Gasteiger partial charge < -0.3 is 19.5 Å². The van der Waals surface area contributed by atoms with Crippen molar-refractivity contribution in [3.05, 3.63) is 24.3 Å². The van der Waals surface area contributed by atoms with Gasteiger partial charge in [0.05, 0.1) is 26.0 Å². The Kier molecular flexibility index (Phi) is 6.89. The molecule has 25 heavy (non-hydrogen) atoms. The van der Waals surface area contributed by atoms with E-state index < -0.39 is 23.9 Å². The van der Waals surface area contributed by atoms with Gasteiger partial charge >= 0.3 is 23.9 Å². The van der Waals surface area contributed by atoms with Crippen LogP contribution in [0.25, 0.3) is 0 Å². The van der Waals surface area contributed by atoms with Crippen molar-refractivity contribution >= 4 is 17.7 Å². The van der Waals surface area contributed by atoms with Crippen LogP contribution in [0.2, 0.25) is 0 Å². The lowest BCUT2D eigenvalue weighted by Gasteiger charge is -2.35. The van der Waals surface area contributed by atoms with E-state index in [1.165, 1.54) is 50.5 Å². The highest BCUT2D eigenvalue weighted by molar-refractivity contribution is 5.90. The first-order valence-electron chi connectivity index (χ1n) is 7.31. The fourth-order valence-corrected chi connectivity index (χ4v) is 1.90. The number of rotatable bonds is 7. The summed E-state index contributed by atoms with van der Waals surface area (Å²) in [6.45, 7) is 2.24. The van der Waals surface area contributed by atoms with Gasteiger partial charge in [-0.2, -0.15) is 13.2 Å². The topological polar surface area (TPSA) is 85.9 Å². The summed E-state index contributed by atoms with van der Waals surface area (Å²) in [5, 5.41) is 3.52. The number of alkyl halides is 3. The molecular formula is C15H19F3N2O5. The molecule has 0 aliphatic heterocycles. The van der Waals surface area contributed by atoms with Crippen molar-refractivity contribution in [3.8, 4) is 5.75 Å². The Hall–Kier alpha value is -2.65. The lowest BCUT2D eigenvalue weighted by atomic mass is 10.1. The first kappa shape index (κ1) is 20.4. The van der Waals surface area contributed by atoms with Crippen LogP contribution >= 0.6 is 0 Å². The number of nitrogens with one attached hydrogen (secondary N) is 2. The molecule has 1 rings (SSSR count). The first-order valence-corrected chi connectivity index (χ1v) is 7.31. The molecule has 140 valence electrons. The highest BCUT2D eigenvalue weighted by atomic mass is 19.4.